The number of rotatable bonds is 6. The van der Waals surface area contributed by atoms with E-state index in [-0.39, 0.29) is 18.2 Å². The number of nitrogen functional groups attached to an aromatic ring is 1. The van der Waals surface area contributed by atoms with E-state index in [4.69, 9.17) is 18.0 Å². The molecule has 162 valence electrons. The lowest BCUT2D eigenvalue weighted by atomic mass is 9.96. The van der Waals surface area contributed by atoms with Crippen molar-refractivity contribution >= 4 is 40.3 Å². The molecule has 9 heteroatoms. The molecule has 3 aromatic rings. The maximum atomic E-state index is 13.4. The molecule has 2 N–H and O–H groups in total. The van der Waals surface area contributed by atoms with E-state index in [1.54, 1.807) is 18.3 Å². The third-order valence-corrected chi connectivity index (χ3v) is 5.31. The molecule has 1 fully saturated rings. The van der Waals surface area contributed by atoms with Crippen molar-refractivity contribution < 1.29 is 18.3 Å². The number of hydrogen-bond donors (Lipinski definition) is 1. The molecule has 1 atom stereocenters. The average Bonchev–Trinajstić information content (AvgIpc) is 3.01. The van der Waals surface area contributed by atoms with Gasteiger partial charge >= 0.3 is 6.61 Å². The number of carbonyl (C=O) groups excluding carboxylic acids is 1. The summed E-state index contributed by atoms with van der Waals surface area (Å²) in [6.45, 7) is -2.68. The van der Waals surface area contributed by atoms with E-state index in [9.17, 15) is 13.6 Å². The minimum atomic E-state index is -2.91. The highest BCUT2D eigenvalue weighted by molar-refractivity contribution is 7.82. The molecule has 1 amide bonds. The highest BCUT2D eigenvalue weighted by atomic mass is 32.1. The van der Waals surface area contributed by atoms with Gasteiger partial charge in [-0.05, 0) is 41.5 Å². The SMILES string of the molecule is Nc1ccc(CN2C(=O)C(c3ccccc3)C(=Nc3ccc(OC(F)F)cc3)C2=S)cn1. The standard InChI is InChI=1S/C23H18F2N4O2S/c24-23(25)31-17-9-7-16(8-10-17)28-20-19(15-4-2-1-3-5-15)21(30)29(22(20)32)13-14-6-11-18(26)27-12-14/h1-12,19,23H,13H2,(H2,26,27). The molecule has 32 heavy (non-hydrogen) atoms. The van der Waals surface area contributed by atoms with E-state index in [0.717, 1.165) is 11.1 Å². The molecule has 0 aliphatic carbocycles. The van der Waals surface area contributed by atoms with Gasteiger partial charge in [0.05, 0.1) is 17.9 Å². The number of likely N-dealkylation sites (tertiary alicyclic amines) is 1. The van der Waals surface area contributed by atoms with E-state index in [1.165, 1.54) is 29.2 Å². The van der Waals surface area contributed by atoms with Gasteiger partial charge < -0.3 is 10.5 Å². The van der Waals surface area contributed by atoms with Crippen molar-refractivity contribution in [3.05, 3.63) is 84.1 Å². The molecule has 1 saturated heterocycles. The van der Waals surface area contributed by atoms with Crippen LogP contribution in [0.15, 0.2) is 77.9 Å². The van der Waals surface area contributed by atoms with Crippen molar-refractivity contribution in [2.75, 3.05) is 5.73 Å². The second-order valence-electron chi connectivity index (χ2n) is 7.03. The summed E-state index contributed by atoms with van der Waals surface area (Å²) < 4.78 is 29.2. The van der Waals surface area contributed by atoms with Crippen molar-refractivity contribution in [2.24, 2.45) is 4.99 Å². The van der Waals surface area contributed by atoms with Crippen LogP contribution in [-0.4, -0.2) is 33.1 Å². The van der Waals surface area contributed by atoms with Crippen molar-refractivity contribution in [3.8, 4) is 5.75 Å². The van der Waals surface area contributed by atoms with Crippen LogP contribution in [0.3, 0.4) is 0 Å². The molecule has 2 aromatic carbocycles. The molecular weight excluding hydrogens is 434 g/mol. The third-order valence-electron chi connectivity index (χ3n) is 4.88. The number of hydrogen-bond acceptors (Lipinski definition) is 6. The summed E-state index contributed by atoms with van der Waals surface area (Å²) in [5, 5.41) is 0. The van der Waals surface area contributed by atoms with Crippen LogP contribution in [0.1, 0.15) is 17.0 Å². The Hall–Kier alpha value is -3.72. The summed E-state index contributed by atoms with van der Waals surface area (Å²) >= 11 is 5.63. The highest BCUT2D eigenvalue weighted by Crippen LogP contribution is 2.32. The second-order valence-corrected chi connectivity index (χ2v) is 7.42. The third kappa shape index (κ3) is 4.62. The fourth-order valence-corrected chi connectivity index (χ4v) is 3.71. The number of pyridine rings is 1. The topological polar surface area (TPSA) is 80.8 Å². The lowest BCUT2D eigenvalue weighted by molar-refractivity contribution is -0.126. The first-order chi connectivity index (χ1) is 15.4. The molecule has 1 unspecified atom stereocenters. The van der Waals surface area contributed by atoms with E-state index in [1.807, 2.05) is 30.3 Å². The molecule has 0 saturated carbocycles. The number of halogens is 2. The molecule has 1 aliphatic rings. The zero-order chi connectivity index (χ0) is 22.7. The molecule has 2 heterocycles. The number of aliphatic imine (C=N–C) groups is 1. The smallest absolute Gasteiger partial charge is 0.387 e. The number of carbonyl (C=O) groups is 1. The van der Waals surface area contributed by atoms with Crippen LogP contribution in [0.4, 0.5) is 20.3 Å². The van der Waals surface area contributed by atoms with Crippen LogP contribution in [0.5, 0.6) is 5.75 Å². The minimum Gasteiger partial charge on any atom is -0.435 e. The minimum absolute atomic E-state index is 0.0195. The van der Waals surface area contributed by atoms with Crippen molar-refractivity contribution in [2.45, 2.75) is 19.1 Å². The summed E-state index contributed by atoms with van der Waals surface area (Å²) in [6.07, 6.45) is 1.60. The van der Waals surface area contributed by atoms with Gasteiger partial charge in [0.1, 0.15) is 22.5 Å². The summed E-state index contributed by atoms with van der Waals surface area (Å²) in [5.41, 5.74) is 8.06. The van der Waals surface area contributed by atoms with Crippen LogP contribution >= 0.6 is 12.2 Å². The van der Waals surface area contributed by atoms with Gasteiger partial charge in [0.15, 0.2) is 0 Å². The Labute approximate surface area is 188 Å². The van der Waals surface area contributed by atoms with Gasteiger partial charge in [-0.15, -0.1) is 0 Å². The van der Waals surface area contributed by atoms with Gasteiger partial charge in [-0.1, -0.05) is 48.6 Å². The largest absolute Gasteiger partial charge is 0.435 e. The van der Waals surface area contributed by atoms with Crippen LogP contribution in [-0.2, 0) is 11.3 Å². The number of thiocarbonyl (C=S) groups is 1. The predicted molar refractivity (Wildman–Crippen MR) is 121 cm³/mol. The molecule has 0 radical (unpaired) electrons. The fraction of sp³-hybridized carbons (Fsp3) is 0.130. The lowest BCUT2D eigenvalue weighted by Crippen LogP contribution is -2.29. The molecule has 0 bridgehead atoms. The first-order valence-corrected chi connectivity index (χ1v) is 10.1. The van der Waals surface area contributed by atoms with Crippen LogP contribution in [0, 0.1) is 0 Å². The van der Waals surface area contributed by atoms with Crippen molar-refractivity contribution in [1.29, 1.82) is 0 Å². The number of nitrogens with zero attached hydrogens (tertiary/aromatic N) is 3. The quantitative estimate of drug-likeness (QED) is 0.558. The van der Waals surface area contributed by atoms with Crippen molar-refractivity contribution in [3.63, 3.8) is 0 Å². The van der Waals surface area contributed by atoms with Gasteiger partial charge in [-0.3, -0.25) is 9.69 Å². The maximum absolute atomic E-state index is 13.4. The maximum Gasteiger partial charge on any atom is 0.387 e. The van der Waals surface area contributed by atoms with E-state index < -0.39 is 12.5 Å². The summed E-state index contributed by atoms with van der Waals surface area (Å²) in [6, 6.07) is 18.5. The van der Waals surface area contributed by atoms with E-state index in [2.05, 4.69) is 14.7 Å². The number of amides is 1. The lowest BCUT2D eigenvalue weighted by Gasteiger charge is -2.16. The van der Waals surface area contributed by atoms with Gasteiger partial charge in [0, 0.05) is 6.20 Å². The predicted octanol–water partition coefficient (Wildman–Crippen LogP) is 4.49. The van der Waals surface area contributed by atoms with Gasteiger partial charge in [0.2, 0.25) is 5.91 Å². The summed E-state index contributed by atoms with van der Waals surface area (Å²) in [5.74, 6) is -0.476. The summed E-state index contributed by atoms with van der Waals surface area (Å²) in [4.78, 5) is 23.8. The Morgan fingerprint density at radius 1 is 1.09 bits per heavy atom. The zero-order valence-electron chi connectivity index (χ0n) is 16.7. The van der Waals surface area contributed by atoms with Crippen LogP contribution in [0.2, 0.25) is 0 Å². The average molecular weight is 452 g/mol. The normalized spacial score (nSPS) is 17.4. The molecule has 0 spiro atoms. The van der Waals surface area contributed by atoms with Gasteiger partial charge in [-0.2, -0.15) is 8.78 Å². The number of anilines is 1. The van der Waals surface area contributed by atoms with E-state index in [0.29, 0.717) is 22.2 Å². The number of nitrogens with two attached hydrogens (primary N) is 1. The first-order valence-electron chi connectivity index (χ1n) is 9.67. The van der Waals surface area contributed by atoms with Crippen LogP contribution < -0.4 is 10.5 Å². The fourth-order valence-electron chi connectivity index (χ4n) is 3.40. The molecular formula is C23H18F2N4O2S. The number of ether oxygens (including phenoxy) is 1. The zero-order valence-corrected chi connectivity index (χ0v) is 17.5. The molecule has 4 rings (SSSR count). The molecule has 6 nitrogen and oxygen atoms in total. The Balaban J connectivity index is 1.69. The van der Waals surface area contributed by atoms with Gasteiger partial charge in [0.25, 0.3) is 0 Å². The van der Waals surface area contributed by atoms with Gasteiger partial charge in [-0.25, -0.2) is 9.98 Å². The van der Waals surface area contributed by atoms with E-state index >= 15 is 0 Å². The number of benzene rings is 2. The molecule has 1 aliphatic heterocycles. The number of alkyl halides is 2. The van der Waals surface area contributed by atoms with Crippen LogP contribution in [0.25, 0.3) is 0 Å². The second kappa shape index (κ2) is 9.19. The Kier molecular flexibility index (Phi) is 6.18. The van der Waals surface area contributed by atoms with Crippen molar-refractivity contribution in [1.82, 2.24) is 9.88 Å². The Morgan fingerprint density at radius 3 is 2.44 bits per heavy atom. The molecule has 1 aromatic heterocycles. The highest BCUT2D eigenvalue weighted by Gasteiger charge is 2.42. The Morgan fingerprint density at radius 2 is 1.81 bits per heavy atom. The first kappa shape index (κ1) is 21.5. The monoisotopic (exact) mass is 452 g/mol. The summed E-state index contributed by atoms with van der Waals surface area (Å²) in [7, 11) is 0. The Bertz CT molecular complexity index is 1150. The number of aromatic nitrogens is 1.